The van der Waals surface area contributed by atoms with Gasteiger partial charge in [-0.25, -0.2) is 14.4 Å². The predicted molar refractivity (Wildman–Crippen MR) is 157 cm³/mol. The Morgan fingerprint density at radius 1 is 0.721 bits per heavy atom. The maximum atomic E-state index is 13.2. The quantitative estimate of drug-likeness (QED) is 0.0907. The fourth-order valence-corrected chi connectivity index (χ4v) is 4.37. The largest absolute Gasteiger partial charge is 0.459 e. The second-order valence-corrected chi connectivity index (χ2v) is 11.3. The molecule has 0 aliphatic carbocycles. The highest BCUT2D eigenvalue weighted by Gasteiger charge is 2.39. The van der Waals surface area contributed by atoms with Crippen LogP contribution in [0.15, 0.2) is 78.0 Å². The molecule has 3 atom stereocenters. The molecule has 0 heterocycles. The zero-order valence-electron chi connectivity index (χ0n) is 24.4. The Morgan fingerprint density at radius 2 is 1.14 bits per heavy atom. The second kappa shape index (κ2) is 15.1. The highest BCUT2D eigenvalue weighted by atomic mass is 32.2. The van der Waals surface area contributed by atoms with Crippen LogP contribution in [0.1, 0.15) is 47.8 Å². The van der Waals surface area contributed by atoms with Crippen LogP contribution in [0.2, 0.25) is 0 Å². The molecule has 0 N–H and O–H groups in total. The molecule has 11 nitrogen and oxygen atoms in total. The third-order valence-electron chi connectivity index (χ3n) is 6.03. The van der Waals surface area contributed by atoms with Crippen LogP contribution in [-0.4, -0.2) is 70.8 Å². The molecular weight excluding hydrogens is 578 g/mol. The predicted octanol–water partition coefficient (Wildman–Crippen LogP) is 4.20. The molecule has 43 heavy (non-hydrogen) atoms. The van der Waals surface area contributed by atoms with Crippen LogP contribution in [-0.2, 0) is 33.3 Å². The number of nitrogens with zero attached hydrogens (tertiary/aromatic N) is 1. The van der Waals surface area contributed by atoms with Crippen LogP contribution >= 0.6 is 0 Å². The monoisotopic (exact) mass is 611 g/mol. The van der Waals surface area contributed by atoms with Gasteiger partial charge in [0.05, 0.1) is 29.2 Å². The van der Waals surface area contributed by atoms with Gasteiger partial charge < -0.3 is 19.0 Å². The minimum Gasteiger partial charge on any atom is -0.459 e. The van der Waals surface area contributed by atoms with Crippen LogP contribution < -0.4 is 0 Å². The minimum atomic E-state index is -4.23. The molecule has 3 rings (SSSR count). The van der Waals surface area contributed by atoms with Gasteiger partial charge in [-0.3, -0.25) is 4.18 Å². The molecule has 0 bridgehead atoms. The molecule has 0 saturated carbocycles. The lowest BCUT2D eigenvalue weighted by atomic mass is 10.1. The maximum Gasteiger partial charge on any atom is 0.338 e. The molecule has 0 saturated heterocycles. The summed E-state index contributed by atoms with van der Waals surface area (Å²) in [6, 6.07) is 19.3. The number of oxime groups is 1. The molecule has 0 fully saturated rings. The van der Waals surface area contributed by atoms with E-state index in [-0.39, 0.29) is 16.7 Å². The normalized spacial score (nSPS) is 13.5. The zero-order valence-corrected chi connectivity index (χ0v) is 25.2. The average Bonchev–Trinajstić information content (AvgIpc) is 2.96. The lowest BCUT2D eigenvalue weighted by molar-refractivity contribution is -0.0683. The number of hydrogen-bond donors (Lipinski definition) is 0. The van der Waals surface area contributed by atoms with Crippen molar-refractivity contribution in [2.75, 3.05) is 20.0 Å². The second-order valence-electron chi connectivity index (χ2n) is 9.71. The summed E-state index contributed by atoms with van der Waals surface area (Å²) in [5, 5.41) is 3.67. The number of benzene rings is 3. The number of carbonyl (C=O) groups is 3. The van der Waals surface area contributed by atoms with E-state index in [1.807, 2.05) is 20.8 Å². The summed E-state index contributed by atoms with van der Waals surface area (Å²) < 4.78 is 46.6. The van der Waals surface area contributed by atoms with Crippen molar-refractivity contribution in [3.63, 3.8) is 0 Å². The lowest BCUT2D eigenvalue weighted by Crippen LogP contribution is -2.48. The summed E-state index contributed by atoms with van der Waals surface area (Å²) in [7, 11) is -3.00. The molecule has 0 aromatic heterocycles. The van der Waals surface area contributed by atoms with Crippen LogP contribution in [0, 0.1) is 20.8 Å². The third-order valence-corrected chi connectivity index (χ3v) is 6.63. The molecular formula is C31H33NO10S. The summed E-state index contributed by atoms with van der Waals surface area (Å²) in [6.07, 6.45) is -3.11. The highest BCUT2D eigenvalue weighted by molar-refractivity contribution is 7.86. The number of hydrogen-bond acceptors (Lipinski definition) is 11. The Labute approximate surface area is 250 Å². The van der Waals surface area contributed by atoms with E-state index in [4.69, 9.17) is 23.2 Å². The molecule has 0 unspecified atom stereocenters. The van der Waals surface area contributed by atoms with Crippen molar-refractivity contribution in [3.8, 4) is 0 Å². The van der Waals surface area contributed by atoms with Crippen molar-refractivity contribution in [1.82, 2.24) is 0 Å². The van der Waals surface area contributed by atoms with Gasteiger partial charge in [0.15, 0.2) is 18.3 Å². The van der Waals surface area contributed by atoms with E-state index in [0.717, 1.165) is 29.2 Å². The van der Waals surface area contributed by atoms with E-state index in [1.165, 1.54) is 43.5 Å². The SMILES string of the molecule is CON=C[C@H](OC(=O)c1ccc(C)cc1)[C@@H](OC(=O)c1ccc(C)cc1)[C@H](COC(=O)c1ccc(C)cc1)OS(C)(=O)=O. The van der Waals surface area contributed by atoms with Crippen LogP contribution in [0.5, 0.6) is 0 Å². The molecule has 12 heteroatoms. The number of esters is 3. The molecule has 0 aliphatic heterocycles. The van der Waals surface area contributed by atoms with Crippen molar-refractivity contribution < 1.29 is 46.0 Å². The van der Waals surface area contributed by atoms with Gasteiger partial charge >= 0.3 is 17.9 Å². The van der Waals surface area contributed by atoms with Crippen molar-refractivity contribution in [3.05, 3.63) is 106 Å². The Bertz CT molecular complexity index is 1530. The number of aryl methyl sites for hydroxylation is 3. The van der Waals surface area contributed by atoms with Gasteiger partial charge in [-0.05, 0) is 57.2 Å². The van der Waals surface area contributed by atoms with Crippen molar-refractivity contribution in [2.24, 2.45) is 5.16 Å². The molecule has 0 aliphatic rings. The fraction of sp³-hybridized carbons (Fsp3) is 0.290. The van der Waals surface area contributed by atoms with E-state index in [0.29, 0.717) is 0 Å². The average molecular weight is 612 g/mol. The highest BCUT2D eigenvalue weighted by Crippen LogP contribution is 2.20. The van der Waals surface area contributed by atoms with Gasteiger partial charge in [0.2, 0.25) is 0 Å². The van der Waals surface area contributed by atoms with Crippen molar-refractivity contribution >= 4 is 34.2 Å². The summed E-state index contributed by atoms with van der Waals surface area (Å²) in [6.45, 7) is 4.82. The standard InChI is InChI=1S/C31H33NO10S/c1-20-6-12-23(13-7-20)29(33)39-19-27(42-43(5,36)37)28(41-31(35)25-16-10-22(3)11-17-25)26(18-32-38-4)40-30(34)24-14-8-21(2)9-15-24/h6-18,26-28H,19H2,1-5H3/t26-,27-,28+/m0/s1. The molecule has 3 aromatic rings. The summed E-state index contributed by atoms with van der Waals surface area (Å²) in [5.41, 5.74) is 3.17. The number of rotatable bonds is 13. The van der Waals surface area contributed by atoms with E-state index in [1.54, 1.807) is 36.4 Å². The van der Waals surface area contributed by atoms with Gasteiger partial charge in [0.25, 0.3) is 10.1 Å². The summed E-state index contributed by atoms with van der Waals surface area (Å²) in [4.78, 5) is 43.9. The minimum absolute atomic E-state index is 0.123. The summed E-state index contributed by atoms with van der Waals surface area (Å²) >= 11 is 0. The maximum absolute atomic E-state index is 13.2. The Balaban J connectivity index is 2.01. The van der Waals surface area contributed by atoms with Crippen molar-refractivity contribution in [1.29, 1.82) is 0 Å². The topological polar surface area (TPSA) is 144 Å². The first-order valence-electron chi connectivity index (χ1n) is 13.1. The van der Waals surface area contributed by atoms with E-state index in [2.05, 4.69) is 5.16 Å². The summed E-state index contributed by atoms with van der Waals surface area (Å²) in [5.74, 6) is -2.51. The van der Waals surface area contributed by atoms with E-state index >= 15 is 0 Å². The van der Waals surface area contributed by atoms with Crippen LogP contribution in [0.25, 0.3) is 0 Å². The Kier molecular flexibility index (Phi) is 11.6. The molecule has 228 valence electrons. The smallest absolute Gasteiger partial charge is 0.338 e. The molecule has 0 radical (unpaired) electrons. The van der Waals surface area contributed by atoms with E-state index in [9.17, 15) is 22.8 Å². The van der Waals surface area contributed by atoms with Gasteiger partial charge in [-0.15, -0.1) is 0 Å². The lowest BCUT2D eigenvalue weighted by Gasteiger charge is -2.30. The number of ether oxygens (including phenoxy) is 3. The first-order chi connectivity index (χ1) is 20.4. The fourth-order valence-electron chi connectivity index (χ4n) is 3.75. The van der Waals surface area contributed by atoms with Crippen LogP contribution in [0.3, 0.4) is 0 Å². The van der Waals surface area contributed by atoms with Gasteiger partial charge in [0, 0.05) is 0 Å². The number of carbonyl (C=O) groups excluding carboxylic acids is 3. The zero-order chi connectivity index (χ0) is 31.6. The molecule has 3 aromatic carbocycles. The van der Waals surface area contributed by atoms with Crippen LogP contribution in [0.4, 0.5) is 0 Å². The Morgan fingerprint density at radius 3 is 1.56 bits per heavy atom. The van der Waals surface area contributed by atoms with Gasteiger partial charge in [0.1, 0.15) is 13.7 Å². The van der Waals surface area contributed by atoms with Gasteiger partial charge in [-0.2, -0.15) is 8.42 Å². The van der Waals surface area contributed by atoms with E-state index < -0.39 is 52.9 Å². The molecule has 0 amide bonds. The van der Waals surface area contributed by atoms with Crippen molar-refractivity contribution in [2.45, 2.75) is 39.1 Å². The third kappa shape index (κ3) is 10.3. The first kappa shape index (κ1) is 33.0. The van der Waals surface area contributed by atoms with Gasteiger partial charge in [-0.1, -0.05) is 58.2 Å². The first-order valence-corrected chi connectivity index (χ1v) is 14.9. The Hall–Kier alpha value is -4.55. The molecule has 0 spiro atoms.